The molecule has 4 nitrogen and oxygen atoms in total. The summed E-state index contributed by atoms with van der Waals surface area (Å²) in [6, 6.07) is 7.33. The second-order valence-electron chi connectivity index (χ2n) is 3.35. The van der Waals surface area contributed by atoms with E-state index in [2.05, 4.69) is 10.1 Å². The van der Waals surface area contributed by atoms with Crippen LogP contribution in [-0.2, 0) is 4.74 Å². The SMILES string of the molecule is COC(=O)c1cccc(NC(C)CN)c1. The zero-order chi connectivity index (χ0) is 11.3. The highest BCUT2D eigenvalue weighted by Crippen LogP contribution is 2.12. The minimum absolute atomic E-state index is 0.179. The third kappa shape index (κ3) is 3.25. The van der Waals surface area contributed by atoms with Crippen molar-refractivity contribution in [3.05, 3.63) is 29.8 Å². The van der Waals surface area contributed by atoms with Gasteiger partial charge >= 0.3 is 5.97 Å². The fourth-order valence-corrected chi connectivity index (χ4v) is 1.20. The molecule has 0 amide bonds. The Morgan fingerprint density at radius 1 is 1.60 bits per heavy atom. The van der Waals surface area contributed by atoms with E-state index in [1.54, 1.807) is 18.2 Å². The minimum Gasteiger partial charge on any atom is -0.465 e. The van der Waals surface area contributed by atoms with Crippen molar-refractivity contribution >= 4 is 11.7 Å². The molecule has 0 heterocycles. The smallest absolute Gasteiger partial charge is 0.337 e. The quantitative estimate of drug-likeness (QED) is 0.730. The Bertz CT molecular complexity index is 339. The van der Waals surface area contributed by atoms with E-state index in [4.69, 9.17) is 5.73 Å². The first kappa shape index (κ1) is 11.5. The first-order valence-electron chi connectivity index (χ1n) is 4.82. The molecule has 0 spiro atoms. The van der Waals surface area contributed by atoms with Gasteiger partial charge in [0.2, 0.25) is 0 Å². The molecule has 1 atom stereocenters. The molecule has 0 bridgehead atoms. The third-order valence-corrected chi connectivity index (χ3v) is 2.05. The molecular formula is C11H16N2O2. The van der Waals surface area contributed by atoms with Gasteiger partial charge in [-0.2, -0.15) is 0 Å². The summed E-state index contributed by atoms with van der Waals surface area (Å²) >= 11 is 0. The Labute approximate surface area is 89.4 Å². The Hall–Kier alpha value is -1.55. The van der Waals surface area contributed by atoms with Gasteiger partial charge in [-0.05, 0) is 25.1 Å². The van der Waals surface area contributed by atoms with E-state index in [-0.39, 0.29) is 12.0 Å². The molecule has 15 heavy (non-hydrogen) atoms. The number of nitrogens with two attached hydrogens (primary N) is 1. The number of hydrogen-bond acceptors (Lipinski definition) is 4. The van der Waals surface area contributed by atoms with E-state index >= 15 is 0 Å². The summed E-state index contributed by atoms with van der Waals surface area (Å²) in [6.45, 7) is 2.52. The predicted octanol–water partition coefficient (Wildman–Crippen LogP) is 1.23. The fourth-order valence-electron chi connectivity index (χ4n) is 1.20. The predicted molar refractivity (Wildman–Crippen MR) is 59.9 cm³/mol. The van der Waals surface area contributed by atoms with Gasteiger partial charge in [-0.15, -0.1) is 0 Å². The summed E-state index contributed by atoms with van der Waals surface area (Å²) < 4.78 is 4.63. The molecule has 0 aliphatic rings. The van der Waals surface area contributed by atoms with Crippen LogP contribution < -0.4 is 11.1 Å². The highest BCUT2D eigenvalue weighted by atomic mass is 16.5. The van der Waals surface area contributed by atoms with Gasteiger partial charge in [0.25, 0.3) is 0 Å². The zero-order valence-electron chi connectivity index (χ0n) is 8.99. The fraction of sp³-hybridized carbons (Fsp3) is 0.364. The molecule has 1 aromatic rings. The summed E-state index contributed by atoms with van der Waals surface area (Å²) in [5.74, 6) is -0.334. The van der Waals surface area contributed by atoms with Crippen molar-refractivity contribution in [3.63, 3.8) is 0 Å². The normalized spacial score (nSPS) is 11.9. The summed E-state index contributed by atoms with van der Waals surface area (Å²) in [4.78, 5) is 11.2. The van der Waals surface area contributed by atoms with Crippen molar-refractivity contribution in [1.82, 2.24) is 0 Å². The average molecular weight is 208 g/mol. The number of hydrogen-bond donors (Lipinski definition) is 2. The molecule has 0 aliphatic heterocycles. The molecule has 1 aromatic carbocycles. The van der Waals surface area contributed by atoms with E-state index in [1.807, 2.05) is 13.0 Å². The van der Waals surface area contributed by atoms with Gasteiger partial charge in [-0.25, -0.2) is 4.79 Å². The van der Waals surface area contributed by atoms with Gasteiger partial charge < -0.3 is 15.8 Å². The molecule has 0 saturated heterocycles. The molecular weight excluding hydrogens is 192 g/mol. The van der Waals surface area contributed by atoms with Crippen LogP contribution in [0.1, 0.15) is 17.3 Å². The van der Waals surface area contributed by atoms with Gasteiger partial charge in [-0.1, -0.05) is 6.07 Å². The number of methoxy groups -OCH3 is 1. The topological polar surface area (TPSA) is 64.3 Å². The van der Waals surface area contributed by atoms with Crippen molar-refractivity contribution in [1.29, 1.82) is 0 Å². The summed E-state index contributed by atoms with van der Waals surface area (Å²) in [5, 5.41) is 3.18. The van der Waals surface area contributed by atoms with Crippen molar-refractivity contribution in [2.45, 2.75) is 13.0 Å². The molecule has 4 heteroatoms. The van der Waals surface area contributed by atoms with Crippen LogP contribution in [0.25, 0.3) is 0 Å². The summed E-state index contributed by atoms with van der Waals surface area (Å²) in [6.07, 6.45) is 0. The molecule has 0 saturated carbocycles. The Balaban J connectivity index is 2.78. The lowest BCUT2D eigenvalue weighted by atomic mass is 10.2. The highest BCUT2D eigenvalue weighted by Gasteiger charge is 2.06. The van der Waals surface area contributed by atoms with Crippen molar-refractivity contribution in [3.8, 4) is 0 Å². The standard InChI is InChI=1S/C11H16N2O2/c1-8(7-12)13-10-5-3-4-9(6-10)11(14)15-2/h3-6,8,13H,7,12H2,1-2H3. The van der Waals surface area contributed by atoms with E-state index in [0.717, 1.165) is 5.69 Å². The molecule has 82 valence electrons. The highest BCUT2D eigenvalue weighted by molar-refractivity contribution is 5.90. The average Bonchev–Trinajstić information content (AvgIpc) is 2.28. The number of esters is 1. The van der Waals surface area contributed by atoms with Gasteiger partial charge in [0, 0.05) is 18.3 Å². The third-order valence-electron chi connectivity index (χ3n) is 2.05. The zero-order valence-corrected chi connectivity index (χ0v) is 8.99. The number of carbonyl (C=O) groups is 1. The first-order valence-corrected chi connectivity index (χ1v) is 4.82. The van der Waals surface area contributed by atoms with Gasteiger partial charge in [-0.3, -0.25) is 0 Å². The van der Waals surface area contributed by atoms with E-state index in [9.17, 15) is 4.79 Å². The lowest BCUT2D eigenvalue weighted by molar-refractivity contribution is 0.0601. The van der Waals surface area contributed by atoms with Crippen LogP contribution in [0.4, 0.5) is 5.69 Å². The monoisotopic (exact) mass is 208 g/mol. The number of benzene rings is 1. The molecule has 1 unspecified atom stereocenters. The van der Waals surface area contributed by atoms with Gasteiger partial charge in [0.1, 0.15) is 0 Å². The summed E-state index contributed by atoms with van der Waals surface area (Å²) in [7, 11) is 1.37. The second kappa shape index (κ2) is 5.36. The Morgan fingerprint density at radius 3 is 2.93 bits per heavy atom. The number of nitrogens with one attached hydrogen (secondary N) is 1. The molecule has 0 aromatic heterocycles. The van der Waals surface area contributed by atoms with E-state index < -0.39 is 0 Å². The van der Waals surface area contributed by atoms with Crippen molar-refractivity contribution in [2.24, 2.45) is 5.73 Å². The lowest BCUT2D eigenvalue weighted by Crippen LogP contribution is -2.25. The van der Waals surface area contributed by atoms with Gasteiger partial charge in [0.05, 0.1) is 12.7 Å². The molecule has 0 radical (unpaired) electrons. The van der Waals surface area contributed by atoms with Crippen molar-refractivity contribution in [2.75, 3.05) is 19.0 Å². The van der Waals surface area contributed by atoms with Crippen LogP contribution in [-0.4, -0.2) is 25.7 Å². The summed E-state index contributed by atoms with van der Waals surface area (Å²) in [5.41, 5.74) is 6.89. The molecule has 3 N–H and O–H groups in total. The maximum absolute atomic E-state index is 11.2. The number of anilines is 1. The van der Waals surface area contributed by atoms with Crippen LogP contribution in [0.15, 0.2) is 24.3 Å². The maximum atomic E-state index is 11.2. The molecule has 0 fully saturated rings. The lowest BCUT2D eigenvalue weighted by Gasteiger charge is -2.13. The van der Waals surface area contributed by atoms with Crippen molar-refractivity contribution < 1.29 is 9.53 Å². The van der Waals surface area contributed by atoms with Gasteiger partial charge in [0.15, 0.2) is 0 Å². The van der Waals surface area contributed by atoms with Crippen LogP contribution >= 0.6 is 0 Å². The van der Waals surface area contributed by atoms with E-state index in [0.29, 0.717) is 12.1 Å². The number of ether oxygens (including phenoxy) is 1. The molecule has 1 rings (SSSR count). The number of rotatable bonds is 4. The minimum atomic E-state index is -0.334. The second-order valence-corrected chi connectivity index (χ2v) is 3.35. The Kier molecular flexibility index (Phi) is 4.12. The van der Waals surface area contributed by atoms with Crippen LogP contribution in [0.3, 0.4) is 0 Å². The first-order chi connectivity index (χ1) is 7.17. The largest absolute Gasteiger partial charge is 0.465 e. The molecule has 0 aliphatic carbocycles. The maximum Gasteiger partial charge on any atom is 0.337 e. The Morgan fingerprint density at radius 2 is 2.33 bits per heavy atom. The van der Waals surface area contributed by atoms with Crippen LogP contribution in [0.2, 0.25) is 0 Å². The number of carbonyl (C=O) groups excluding carboxylic acids is 1. The van der Waals surface area contributed by atoms with E-state index in [1.165, 1.54) is 7.11 Å². The van der Waals surface area contributed by atoms with Crippen LogP contribution in [0, 0.1) is 0 Å². The van der Waals surface area contributed by atoms with Crippen LogP contribution in [0.5, 0.6) is 0 Å².